The molecule has 146 valence electrons. The molecule has 0 atom stereocenters. The van der Waals surface area contributed by atoms with Crippen molar-refractivity contribution in [2.45, 2.75) is 33.9 Å². The number of nitrogens with zero attached hydrogens (tertiary/aromatic N) is 2. The van der Waals surface area contributed by atoms with Crippen LogP contribution in [0.1, 0.15) is 30.0 Å². The number of rotatable bonds is 6. The minimum atomic E-state index is -0.414. The van der Waals surface area contributed by atoms with Crippen molar-refractivity contribution in [2.24, 2.45) is 0 Å². The van der Waals surface area contributed by atoms with Crippen LogP contribution in [0.2, 0.25) is 0 Å². The van der Waals surface area contributed by atoms with Crippen LogP contribution in [0.25, 0.3) is 11.0 Å². The lowest BCUT2D eigenvalue weighted by molar-refractivity contribution is -0.674. The summed E-state index contributed by atoms with van der Waals surface area (Å²) in [6, 6.07) is 11.1. The summed E-state index contributed by atoms with van der Waals surface area (Å²) in [4.78, 5) is 24.7. The number of benzene rings is 2. The predicted octanol–water partition coefficient (Wildman–Crippen LogP) is 3.21. The summed E-state index contributed by atoms with van der Waals surface area (Å²) in [7, 11) is 0. The average molecular weight is 384 g/mol. The molecule has 0 aliphatic rings. The Morgan fingerprint density at radius 2 is 1.96 bits per heavy atom. The Balaban J connectivity index is 1.96. The van der Waals surface area contributed by atoms with E-state index in [-0.39, 0.29) is 12.5 Å². The molecule has 1 heterocycles. The molecule has 0 radical (unpaired) electrons. The van der Waals surface area contributed by atoms with Crippen LogP contribution in [-0.4, -0.2) is 23.1 Å². The number of amides is 1. The van der Waals surface area contributed by atoms with Gasteiger partial charge < -0.3 is 10.1 Å². The molecule has 1 amide bonds. The van der Waals surface area contributed by atoms with Crippen LogP contribution in [0.4, 0.5) is 10.1 Å². The lowest BCUT2D eigenvalue weighted by atomic mass is 10.2. The summed E-state index contributed by atoms with van der Waals surface area (Å²) in [6.07, 6.45) is 0. The monoisotopic (exact) mass is 384 g/mol. The van der Waals surface area contributed by atoms with Gasteiger partial charge in [0.1, 0.15) is 5.82 Å². The van der Waals surface area contributed by atoms with E-state index in [1.165, 1.54) is 18.2 Å². The Labute approximate surface area is 162 Å². The molecular formula is C21H23FN3O3+. The van der Waals surface area contributed by atoms with E-state index < -0.39 is 11.8 Å². The summed E-state index contributed by atoms with van der Waals surface area (Å²) >= 11 is 0. The fraction of sp³-hybridized carbons (Fsp3) is 0.286. The molecular weight excluding hydrogens is 361 g/mol. The van der Waals surface area contributed by atoms with Gasteiger partial charge in [0.2, 0.25) is 0 Å². The zero-order valence-electron chi connectivity index (χ0n) is 16.2. The summed E-state index contributed by atoms with van der Waals surface area (Å²) in [5, 5.41) is 2.71. The van der Waals surface area contributed by atoms with Crippen LogP contribution < -0.4 is 9.88 Å². The van der Waals surface area contributed by atoms with E-state index in [2.05, 4.69) is 9.88 Å². The number of hydrogen-bond donors (Lipinski definition) is 1. The molecule has 2 aromatic carbocycles. The first kappa shape index (κ1) is 19.5. The van der Waals surface area contributed by atoms with Crippen LogP contribution in [0.3, 0.4) is 0 Å². The maximum atomic E-state index is 13.3. The summed E-state index contributed by atoms with van der Waals surface area (Å²) in [6.45, 7) is 6.75. The number of aryl methyl sites for hydroxylation is 1. The molecule has 28 heavy (non-hydrogen) atoms. The summed E-state index contributed by atoms with van der Waals surface area (Å²) in [5.41, 5.74) is 2.52. The topological polar surface area (TPSA) is 64.2 Å². The van der Waals surface area contributed by atoms with E-state index in [1.54, 1.807) is 25.1 Å². The molecule has 6 nitrogen and oxygen atoms in total. The number of esters is 1. The van der Waals surface area contributed by atoms with Gasteiger partial charge in [0.25, 0.3) is 11.7 Å². The number of carbonyl (C=O) groups excluding carboxylic acids is 2. The zero-order chi connectivity index (χ0) is 20.3. The highest BCUT2D eigenvalue weighted by atomic mass is 19.1. The van der Waals surface area contributed by atoms with Crippen LogP contribution in [0.5, 0.6) is 0 Å². The number of halogens is 1. The Morgan fingerprint density at radius 1 is 1.18 bits per heavy atom. The summed E-state index contributed by atoms with van der Waals surface area (Å²) < 4.78 is 22.3. The lowest BCUT2D eigenvalue weighted by Gasteiger charge is -2.05. The highest BCUT2D eigenvalue weighted by Crippen LogP contribution is 2.18. The van der Waals surface area contributed by atoms with Gasteiger partial charge in [-0.05, 0) is 44.2 Å². The summed E-state index contributed by atoms with van der Waals surface area (Å²) in [5.74, 6) is -0.214. The molecule has 0 aliphatic carbocycles. The third-order valence-corrected chi connectivity index (χ3v) is 4.58. The normalized spacial score (nSPS) is 10.9. The first-order chi connectivity index (χ1) is 13.4. The van der Waals surface area contributed by atoms with Crippen molar-refractivity contribution in [3.05, 3.63) is 59.7 Å². The molecule has 0 saturated carbocycles. The number of carbonyl (C=O) groups is 2. The van der Waals surface area contributed by atoms with Crippen LogP contribution in [0, 0.1) is 12.7 Å². The second-order valence-electron chi connectivity index (χ2n) is 6.36. The first-order valence-corrected chi connectivity index (χ1v) is 9.19. The van der Waals surface area contributed by atoms with Crippen molar-refractivity contribution >= 4 is 28.6 Å². The van der Waals surface area contributed by atoms with Crippen LogP contribution >= 0.6 is 0 Å². The number of ether oxygens (including phenoxy) is 1. The third kappa shape index (κ3) is 3.88. The molecule has 0 unspecified atom stereocenters. The van der Waals surface area contributed by atoms with Crippen LogP contribution in [0.15, 0.2) is 42.5 Å². The molecule has 0 saturated heterocycles. The van der Waals surface area contributed by atoms with Crippen molar-refractivity contribution < 1.29 is 23.3 Å². The van der Waals surface area contributed by atoms with Crippen molar-refractivity contribution in [3.8, 4) is 0 Å². The maximum absolute atomic E-state index is 13.3. The second kappa shape index (κ2) is 8.21. The van der Waals surface area contributed by atoms with Crippen molar-refractivity contribution in [3.63, 3.8) is 0 Å². The highest BCUT2D eigenvalue weighted by molar-refractivity contribution is 5.94. The van der Waals surface area contributed by atoms with E-state index in [9.17, 15) is 14.0 Å². The first-order valence-electron chi connectivity index (χ1n) is 9.19. The number of fused-ring (bicyclic) bond motifs is 1. The Morgan fingerprint density at radius 3 is 2.64 bits per heavy atom. The van der Waals surface area contributed by atoms with Crippen molar-refractivity contribution in [1.82, 2.24) is 4.57 Å². The number of anilines is 1. The maximum Gasteiger partial charge on any atom is 0.338 e. The van der Waals surface area contributed by atoms with Gasteiger partial charge in [0.15, 0.2) is 17.6 Å². The van der Waals surface area contributed by atoms with E-state index in [1.807, 2.05) is 24.5 Å². The van der Waals surface area contributed by atoms with Gasteiger partial charge in [0.05, 0.1) is 18.7 Å². The standard InChI is InChI=1S/C21H22FN3O3/c1-4-24-14(3)25(13-20(26)23-17-8-6-7-16(22)12-17)19-11-15(9-10-18(19)24)21(27)28-5-2/h6-12H,4-5,13H2,1-3H3/p+1. The van der Waals surface area contributed by atoms with Gasteiger partial charge in [0, 0.05) is 18.7 Å². The van der Waals surface area contributed by atoms with E-state index in [4.69, 9.17) is 4.74 Å². The highest BCUT2D eigenvalue weighted by Gasteiger charge is 2.24. The van der Waals surface area contributed by atoms with Crippen molar-refractivity contribution in [1.29, 1.82) is 0 Å². The lowest BCUT2D eigenvalue weighted by Crippen LogP contribution is -2.35. The Bertz CT molecular complexity index is 1040. The van der Waals surface area contributed by atoms with Gasteiger partial charge in [-0.2, -0.15) is 0 Å². The molecule has 0 fully saturated rings. The fourth-order valence-electron chi connectivity index (χ4n) is 3.31. The average Bonchev–Trinajstić information content (AvgIpc) is 2.92. The minimum absolute atomic E-state index is 0.0398. The Hall–Kier alpha value is -3.22. The number of imidazole rings is 1. The van der Waals surface area contributed by atoms with Gasteiger partial charge >= 0.3 is 5.97 Å². The number of nitrogens with one attached hydrogen (secondary N) is 1. The molecule has 0 aliphatic heterocycles. The second-order valence-corrected chi connectivity index (χ2v) is 6.36. The van der Waals surface area contributed by atoms with Gasteiger partial charge in [-0.15, -0.1) is 0 Å². The molecule has 3 aromatic rings. The quantitative estimate of drug-likeness (QED) is 0.524. The third-order valence-electron chi connectivity index (χ3n) is 4.58. The molecule has 3 rings (SSSR count). The SMILES string of the molecule is CCOC(=O)c1ccc2c(c1)n(CC(=O)Nc1cccc(F)c1)c(C)[n+]2CC. The molecule has 7 heteroatoms. The van der Waals surface area contributed by atoms with E-state index in [0.717, 1.165) is 23.4 Å². The Kier molecular flexibility index (Phi) is 5.73. The van der Waals surface area contributed by atoms with Crippen molar-refractivity contribution in [2.75, 3.05) is 11.9 Å². The van der Waals surface area contributed by atoms with Gasteiger partial charge in [-0.1, -0.05) is 6.07 Å². The predicted molar refractivity (Wildman–Crippen MR) is 104 cm³/mol. The molecule has 0 bridgehead atoms. The fourth-order valence-corrected chi connectivity index (χ4v) is 3.31. The van der Waals surface area contributed by atoms with Gasteiger partial charge in [-0.3, -0.25) is 4.79 Å². The zero-order valence-corrected chi connectivity index (χ0v) is 16.2. The van der Waals surface area contributed by atoms with Gasteiger partial charge in [-0.25, -0.2) is 18.3 Å². The van der Waals surface area contributed by atoms with E-state index in [0.29, 0.717) is 17.9 Å². The molecule has 1 N–H and O–H groups in total. The smallest absolute Gasteiger partial charge is 0.338 e. The largest absolute Gasteiger partial charge is 0.462 e. The molecule has 1 aromatic heterocycles. The van der Waals surface area contributed by atoms with E-state index >= 15 is 0 Å². The number of hydrogen-bond acceptors (Lipinski definition) is 3. The minimum Gasteiger partial charge on any atom is -0.462 e. The van der Waals surface area contributed by atoms with Crippen LogP contribution in [-0.2, 0) is 22.6 Å². The molecule has 0 spiro atoms. The number of aromatic nitrogens is 2.